The number of hydrogen-bond donors (Lipinski definition) is 1. The van der Waals surface area contributed by atoms with Gasteiger partial charge < -0.3 is 29.0 Å². The fourth-order valence-corrected chi connectivity index (χ4v) is 10.9. The van der Waals surface area contributed by atoms with Crippen LogP contribution in [0.5, 0.6) is 5.75 Å². The molecule has 0 bridgehead atoms. The third kappa shape index (κ3) is 8.40. The molecule has 9 rings (SSSR count). The highest BCUT2D eigenvalue weighted by Crippen LogP contribution is 2.66. The number of carbonyl (C=O) groups is 4. The second-order valence-electron chi connectivity index (χ2n) is 17.7. The van der Waals surface area contributed by atoms with Crippen molar-refractivity contribution in [3.05, 3.63) is 143 Å². The van der Waals surface area contributed by atoms with Gasteiger partial charge in [-0.25, -0.2) is 9.69 Å². The molecule has 5 aliphatic rings. The lowest BCUT2D eigenvalue weighted by Crippen LogP contribution is -2.56. The molecule has 12 nitrogen and oxygen atoms in total. The van der Waals surface area contributed by atoms with E-state index >= 15 is 14.4 Å². The van der Waals surface area contributed by atoms with Gasteiger partial charge in [0.15, 0.2) is 0 Å². The summed E-state index contributed by atoms with van der Waals surface area (Å²) >= 11 is 0. The van der Waals surface area contributed by atoms with Gasteiger partial charge in [-0.05, 0) is 96.7 Å². The van der Waals surface area contributed by atoms with Gasteiger partial charge >= 0.3 is 12.1 Å². The molecule has 12 heteroatoms. The zero-order chi connectivity index (χ0) is 45.6. The highest BCUT2D eigenvalue weighted by Gasteiger charge is 2.76. The molecular weight excluding hydrogens is 835 g/mol. The molecular formula is C54H57N3O9. The second kappa shape index (κ2) is 20.1. The van der Waals surface area contributed by atoms with Crippen molar-refractivity contribution in [2.45, 2.75) is 87.4 Å². The van der Waals surface area contributed by atoms with Gasteiger partial charge in [-0.3, -0.25) is 19.3 Å². The minimum absolute atomic E-state index is 0.0702. The molecule has 4 aliphatic heterocycles. The van der Waals surface area contributed by atoms with E-state index in [1.807, 2.05) is 88.7 Å². The molecule has 4 aromatic rings. The van der Waals surface area contributed by atoms with Crippen LogP contribution >= 0.6 is 0 Å². The average molecular weight is 892 g/mol. The molecule has 3 saturated heterocycles. The number of ether oxygens (including phenoxy) is 4. The number of anilines is 1. The maximum atomic E-state index is 16.5. The number of morpholine rings is 1. The Bertz CT molecular complexity index is 2490. The summed E-state index contributed by atoms with van der Waals surface area (Å²) in [6.07, 6.45) is 8.87. The van der Waals surface area contributed by atoms with Crippen molar-refractivity contribution < 1.29 is 43.2 Å². The Morgan fingerprint density at radius 2 is 1.48 bits per heavy atom. The van der Waals surface area contributed by atoms with Gasteiger partial charge in [0.25, 0.3) is 0 Å². The van der Waals surface area contributed by atoms with E-state index in [0.29, 0.717) is 35.5 Å². The maximum absolute atomic E-state index is 16.5. The lowest BCUT2D eigenvalue weighted by Gasteiger charge is -2.46. The summed E-state index contributed by atoms with van der Waals surface area (Å²) in [5.41, 5.74) is 2.56. The Balaban J connectivity index is 1.35. The minimum Gasteiger partial charge on any atom is -0.491 e. The van der Waals surface area contributed by atoms with Crippen molar-refractivity contribution in [3.63, 3.8) is 0 Å². The van der Waals surface area contributed by atoms with Crippen LogP contribution in [0.2, 0.25) is 0 Å². The topological polar surface area (TPSA) is 135 Å². The molecule has 6 atom stereocenters. The number of likely N-dealkylation sites (tertiary alicyclic amines) is 1. The van der Waals surface area contributed by atoms with E-state index in [1.54, 1.807) is 24.3 Å². The molecule has 3 fully saturated rings. The van der Waals surface area contributed by atoms with Gasteiger partial charge in [0.05, 0.1) is 36.9 Å². The minimum atomic E-state index is -1.91. The SMILES string of the molecule is COCCOC(=O)N1C(=O)[C@@]2(c3cc(C#CC4=CCCCC4)ccc31)[C@H](c1ccc(OCCO)cc1)N1[C@H](c3ccccc3)[C@H](c3ccccc3)OC(=O)[C@H]1[C@@H]2C(=O)N1CCCCCCC1. The zero-order valence-electron chi connectivity index (χ0n) is 37.4. The first-order valence-corrected chi connectivity index (χ1v) is 23.4. The summed E-state index contributed by atoms with van der Waals surface area (Å²) in [6.45, 7) is 0.767. The molecule has 342 valence electrons. The van der Waals surface area contributed by atoms with Crippen molar-refractivity contribution in [2.75, 3.05) is 51.5 Å². The van der Waals surface area contributed by atoms with E-state index in [2.05, 4.69) is 17.9 Å². The summed E-state index contributed by atoms with van der Waals surface area (Å²) in [6, 6.07) is 28.9. The van der Waals surface area contributed by atoms with E-state index in [9.17, 15) is 9.90 Å². The van der Waals surface area contributed by atoms with E-state index in [1.165, 1.54) is 7.11 Å². The van der Waals surface area contributed by atoms with Crippen molar-refractivity contribution in [3.8, 4) is 17.6 Å². The van der Waals surface area contributed by atoms with Crippen LogP contribution in [-0.4, -0.2) is 91.5 Å². The summed E-state index contributed by atoms with van der Waals surface area (Å²) in [5.74, 6) is 4.20. The van der Waals surface area contributed by atoms with Crippen LogP contribution in [0.15, 0.2) is 115 Å². The quantitative estimate of drug-likeness (QED) is 0.0945. The summed E-state index contributed by atoms with van der Waals surface area (Å²) in [4.78, 5) is 67.6. The number of rotatable bonds is 10. The third-order valence-corrected chi connectivity index (χ3v) is 13.8. The molecule has 66 heavy (non-hydrogen) atoms. The molecule has 0 aromatic heterocycles. The Hall–Kier alpha value is -6.26. The predicted octanol–water partition coefficient (Wildman–Crippen LogP) is 8.15. The number of esters is 1. The highest BCUT2D eigenvalue weighted by molar-refractivity contribution is 6.23. The van der Waals surface area contributed by atoms with E-state index in [-0.39, 0.29) is 38.0 Å². The van der Waals surface area contributed by atoms with Gasteiger partial charge in [-0.15, -0.1) is 0 Å². The zero-order valence-corrected chi connectivity index (χ0v) is 37.4. The van der Waals surface area contributed by atoms with E-state index in [0.717, 1.165) is 79.4 Å². The fourth-order valence-electron chi connectivity index (χ4n) is 10.9. The molecule has 4 aromatic carbocycles. The Labute approximate surface area is 386 Å². The van der Waals surface area contributed by atoms with Crippen molar-refractivity contribution in [1.29, 1.82) is 0 Å². The van der Waals surface area contributed by atoms with Crippen LogP contribution in [0.25, 0.3) is 0 Å². The normalized spacial score (nSPS) is 25.1. The first kappa shape index (κ1) is 44.9. The van der Waals surface area contributed by atoms with Gasteiger partial charge in [-0.1, -0.05) is 110 Å². The number of allylic oxidation sites excluding steroid dienone is 2. The summed E-state index contributed by atoms with van der Waals surface area (Å²) in [5, 5.41) is 9.61. The molecule has 1 aliphatic carbocycles. The maximum Gasteiger partial charge on any atom is 0.421 e. The average Bonchev–Trinajstić information content (AvgIpc) is 3.79. The van der Waals surface area contributed by atoms with Crippen LogP contribution in [-0.2, 0) is 34.0 Å². The molecule has 1 N–H and O–H groups in total. The summed E-state index contributed by atoms with van der Waals surface area (Å²) in [7, 11) is 1.50. The Kier molecular flexibility index (Phi) is 13.7. The van der Waals surface area contributed by atoms with Crippen LogP contribution in [0.4, 0.5) is 10.5 Å². The van der Waals surface area contributed by atoms with Crippen LogP contribution < -0.4 is 9.64 Å². The predicted molar refractivity (Wildman–Crippen MR) is 247 cm³/mol. The molecule has 4 heterocycles. The number of carbonyl (C=O) groups excluding carboxylic acids is 4. The Morgan fingerprint density at radius 1 is 0.773 bits per heavy atom. The van der Waals surface area contributed by atoms with Crippen LogP contribution in [0.1, 0.15) is 104 Å². The number of aliphatic hydroxyl groups excluding tert-OH is 1. The van der Waals surface area contributed by atoms with Crippen LogP contribution in [0.3, 0.4) is 0 Å². The number of methoxy groups -OCH3 is 1. The third-order valence-electron chi connectivity index (χ3n) is 13.8. The molecule has 0 unspecified atom stereocenters. The molecule has 1 spiro atoms. The largest absolute Gasteiger partial charge is 0.491 e. The van der Waals surface area contributed by atoms with Gasteiger partial charge in [-0.2, -0.15) is 0 Å². The number of benzene rings is 4. The number of hydrogen-bond acceptors (Lipinski definition) is 10. The Morgan fingerprint density at radius 3 is 2.17 bits per heavy atom. The van der Waals surface area contributed by atoms with Gasteiger partial charge in [0.2, 0.25) is 11.8 Å². The van der Waals surface area contributed by atoms with Crippen molar-refractivity contribution in [1.82, 2.24) is 9.80 Å². The molecule has 0 saturated carbocycles. The number of amides is 3. The number of imide groups is 1. The second-order valence-corrected chi connectivity index (χ2v) is 17.7. The number of nitrogens with zero attached hydrogens (tertiary/aromatic N) is 3. The van der Waals surface area contributed by atoms with Crippen LogP contribution in [0, 0.1) is 17.8 Å². The smallest absolute Gasteiger partial charge is 0.421 e. The number of fused-ring (bicyclic) bond motifs is 3. The lowest BCUT2D eigenvalue weighted by molar-refractivity contribution is -0.179. The van der Waals surface area contributed by atoms with Crippen molar-refractivity contribution in [2.24, 2.45) is 5.92 Å². The van der Waals surface area contributed by atoms with Gasteiger partial charge in [0, 0.05) is 25.8 Å². The van der Waals surface area contributed by atoms with Gasteiger partial charge in [0.1, 0.15) is 36.5 Å². The first-order valence-electron chi connectivity index (χ1n) is 23.4. The first-order chi connectivity index (χ1) is 32.4. The lowest BCUT2D eigenvalue weighted by atomic mass is 9.64. The highest BCUT2D eigenvalue weighted by atomic mass is 16.6. The molecule has 3 amide bonds. The van der Waals surface area contributed by atoms with E-state index in [4.69, 9.17) is 18.9 Å². The van der Waals surface area contributed by atoms with E-state index < -0.39 is 53.5 Å². The fraction of sp³-hybridized carbons (Fsp3) is 0.407. The summed E-state index contributed by atoms with van der Waals surface area (Å²) < 4.78 is 23.5. The van der Waals surface area contributed by atoms with Crippen molar-refractivity contribution >= 4 is 29.6 Å². The monoisotopic (exact) mass is 891 g/mol. The molecule has 0 radical (unpaired) electrons. The number of aliphatic hydroxyl groups is 1. The standard InChI is InChI=1S/C54H57N3O9/c1-63-34-35-65-53(62)56-44-29-24-38(23-22-37-16-8-5-9-17-37)36-43(44)54(52(56)61)45(50(59)55-30-14-3-2-4-15-31-55)47-51(60)66-48(40-20-12-7-13-21-40)46(39-18-10-6-11-19-39)57(47)49(54)41-25-27-42(28-26-41)64-33-32-58/h6-7,10-13,16,18-21,24-29,36,45-49,58H,2-5,8-9,14-15,17,30-35H2,1H3/t45-,46-,47-,48+,49+,54-/m1/s1. The number of cyclic esters (lactones) is 1.